The summed E-state index contributed by atoms with van der Waals surface area (Å²) in [6.07, 6.45) is 2.78. The average Bonchev–Trinajstić information content (AvgIpc) is 3.18. The maximum atomic E-state index is 12.5. The van der Waals surface area contributed by atoms with Crippen LogP contribution >= 0.6 is 0 Å². The summed E-state index contributed by atoms with van der Waals surface area (Å²) in [5.41, 5.74) is 7.69. The molecule has 1 aromatic rings. The van der Waals surface area contributed by atoms with Gasteiger partial charge in [-0.25, -0.2) is 4.79 Å². The van der Waals surface area contributed by atoms with Crippen LogP contribution in [0.3, 0.4) is 0 Å². The van der Waals surface area contributed by atoms with Crippen LogP contribution < -0.4 is 16.0 Å². The Morgan fingerprint density at radius 1 is 1.25 bits per heavy atom. The lowest BCUT2D eigenvalue weighted by molar-refractivity contribution is -0.121. The Morgan fingerprint density at radius 3 is 2.71 bits per heavy atom. The quantitative estimate of drug-likeness (QED) is 0.881. The highest BCUT2D eigenvalue weighted by Crippen LogP contribution is 2.27. The lowest BCUT2D eigenvalue weighted by Crippen LogP contribution is -2.45. The van der Waals surface area contributed by atoms with Crippen molar-refractivity contribution in [1.82, 2.24) is 4.90 Å². The number of hydrogen-bond donors (Lipinski definition) is 2. The second-order valence-corrected chi connectivity index (χ2v) is 6.33. The first-order chi connectivity index (χ1) is 11.5. The van der Waals surface area contributed by atoms with E-state index >= 15 is 0 Å². The average molecular weight is 330 g/mol. The molecule has 2 fully saturated rings. The maximum Gasteiger partial charge on any atom is 0.322 e. The summed E-state index contributed by atoms with van der Waals surface area (Å²) >= 11 is 0. The molecule has 128 valence electrons. The molecule has 1 atom stereocenters. The van der Waals surface area contributed by atoms with E-state index < -0.39 is 11.9 Å². The van der Waals surface area contributed by atoms with Crippen molar-refractivity contribution in [2.45, 2.75) is 38.6 Å². The van der Waals surface area contributed by atoms with Gasteiger partial charge in [0.2, 0.25) is 11.8 Å². The Balaban J connectivity index is 1.78. The van der Waals surface area contributed by atoms with Crippen molar-refractivity contribution in [3.8, 4) is 0 Å². The molecule has 0 radical (unpaired) electrons. The Hall–Kier alpha value is -2.57. The van der Waals surface area contributed by atoms with Crippen LogP contribution in [0.15, 0.2) is 18.2 Å². The normalized spacial score (nSPS) is 20.5. The van der Waals surface area contributed by atoms with Gasteiger partial charge in [-0.05, 0) is 43.9 Å². The van der Waals surface area contributed by atoms with E-state index in [0.29, 0.717) is 31.6 Å². The number of primary amides is 1. The van der Waals surface area contributed by atoms with Gasteiger partial charge in [0.15, 0.2) is 0 Å². The van der Waals surface area contributed by atoms with E-state index in [1.807, 2.05) is 25.1 Å². The van der Waals surface area contributed by atoms with Gasteiger partial charge in [0.25, 0.3) is 0 Å². The van der Waals surface area contributed by atoms with Gasteiger partial charge in [-0.2, -0.15) is 0 Å². The number of nitrogens with zero attached hydrogens (tertiary/aromatic N) is 2. The molecule has 0 aromatic heterocycles. The number of aryl methyl sites for hydroxylation is 1. The molecule has 0 saturated carbocycles. The van der Waals surface area contributed by atoms with Gasteiger partial charge >= 0.3 is 6.03 Å². The van der Waals surface area contributed by atoms with Crippen LogP contribution in [0.4, 0.5) is 16.2 Å². The van der Waals surface area contributed by atoms with E-state index in [4.69, 9.17) is 5.73 Å². The smallest absolute Gasteiger partial charge is 0.322 e. The zero-order valence-corrected chi connectivity index (χ0v) is 13.7. The number of urea groups is 1. The molecule has 7 nitrogen and oxygen atoms in total. The molecule has 3 rings (SSSR count). The first-order valence-corrected chi connectivity index (χ1v) is 8.25. The van der Waals surface area contributed by atoms with E-state index in [-0.39, 0.29) is 11.9 Å². The van der Waals surface area contributed by atoms with E-state index in [1.165, 1.54) is 4.90 Å². The highest BCUT2D eigenvalue weighted by molar-refractivity contribution is 5.98. The van der Waals surface area contributed by atoms with Crippen LogP contribution in [0.1, 0.15) is 31.2 Å². The van der Waals surface area contributed by atoms with E-state index in [2.05, 4.69) is 5.32 Å². The molecule has 0 aliphatic carbocycles. The summed E-state index contributed by atoms with van der Waals surface area (Å²) in [4.78, 5) is 39.1. The number of carbonyl (C=O) groups is 3. The Labute approximate surface area is 140 Å². The third-order valence-corrected chi connectivity index (χ3v) is 4.69. The number of benzene rings is 1. The number of nitrogens with two attached hydrogens (primary N) is 1. The molecule has 2 aliphatic heterocycles. The predicted octanol–water partition coefficient (Wildman–Crippen LogP) is 1.60. The summed E-state index contributed by atoms with van der Waals surface area (Å²) < 4.78 is 0. The lowest BCUT2D eigenvalue weighted by Gasteiger charge is -2.24. The summed E-state index contributed by atoms with van der Waals surface area (Å²) in [6, 6.07) is 4.70. The first-order valence-electron chi connectivity index (χ1n) is 8.25. The van der Waals surface area contributed by atoms with Gasteiger partial charge in [-0.1, -0.05) is 6.07 Å². The Kier molecular flexibility index (Phi) is 4.42. The number of anilines is 2. The Bertz CT molecular complexity index is 688. The van der Waals surface area contributed by atoms with E-state index in [9.17, 15) is 14.4 Å². The summed E-state index contributed by atoms with van der Waals surface area (Å²) in [5, 5.41) is 2.86. The molecule has 4 amide bonds. The van der Waals surface area contributed by atoms with Crippen molar-refractivity contribution in [2.24, 2.45) is 5.73 Å². The number of likely N-dealkylation sites (tertiary alicyclic amines) is 1. The zero-order valence-electron chi connectivity index (χ0n) is 13.7. The summed E-state index contributed by atoms with van der Waals surface area (Å²) in [5.74, 6) is -0.375. The second-order valence-electron chi connectivity index (χ2n) is 6.33. The van der Waals surface area contributed by atoms with Gasteiger partial charge in [0.1, 0.15) is 6.04 Å². The van der Waals surface area contributed by atoms with Crippen molar-refractivity contribution < 1.29 is 14.4 Å². The van der Waals surface area contributed by atoms with E-state index in [1.54, 1.807) is 4.90 Å². The third-order valence-electron chi connectivity index (χ3n) is 4.69. The standard InChI is InChI=1S/C17H22N4O3/c1-11-6-7-12(20-8-3-5-15(20)22)10-13(11)19-17(24)21-9-2-4-14(21)16(18)23/h6-7,10,14H,2-5,8-9H2,1H3,(H2,18,23)(H,19,24)/t14-/m1/s1. The molecule has 2 saturated heterocycles. The van der Waals surface area contributed by atoms with E-state index in [0.717, 1.165) is 24.1 Å². The number of rotatable bonds is 3. The van der Waals surface area contributed by atoms with Gasteiger partial charge in [-0.3, -0.25) is 9.59 Å². The molecule has 24 heavy (non-hydrogen) atoms. The van der Waals surface area contributed by atoms with Crippen molar-refractivity contribution in [2.75, 3.05) is 23.3 Å². The predicted molar refractivity (Wildman–Crippen MR) is 90.7 cm³/mol. The van der Waals surface area contributed by atoms with Gasteiger partial charge in [0, 0.05) is 30.9 Å². The minimum Gasteiger partial charge on any atom is -0.368 e. The molecule has 2 aliphatic rings. The molecule has 7 heteroatoms. The highest BCUT2D eigenvalue weighted by Gasteiger charge is 2.33. The fraction of sp³-hybridized carbons (Fsp3) is 0.471. The van der Waals surface area contributed by atoms with Crippen LogP contribution in [-0.4, -0.2) is 41.9 Å². The number of nitrogens with one attached hydrogen (secondary N) is 1. The SMILES string of the molecule is Cc1ccc(N2CCCC2=O)cc1NC(=O)N1CCC[C@@H]1C(N)=O. The van der Waals surface area contributed by atoms with Gasteiger partial charge < -0.3 is 20.9 Å². The largest absolute Gasteiger partial charge is 0.368 e. The molecule has 2 heterocycles. The second kappa shape index (κ2) is 6.51. The molecular formula is C17H22N4O3. The molecule has 0 bridgehead atoms. The third kappa shape index (κ3) is 3.06. The van der Waals surface area contributed by atoms with Crippen LogP contribution in [0.2, 0.25) is 0 Å². The van der Waals surface area contributed by atoms with Crippen LogP contribution in [0.5, 0.6) is 0 Å². The fourth-order valence-electron chi connectivity index (χ4n) is 3.33. The molecule has 0 unspecified atom stereocenters. The number of carbonyl (C=O) groups excluding carboxylic acids is 3. The lowest BCUT2D eigenvalue weighted by atomic mass is 10.1. The summed E-state index contributed by atoms with van der Waals surface area (Å²) in [7, 11) is 0. The molecule has 1 aromatic carbocycles. The molecule has 0 spiro atoms. The number of amides is 4. The summed E-state index contributed by atoms with van der Waals surface area (Å²) in [6.45, 7) is 3.11. The topological polar surface area (TPSA) is 95.7 Å². The van der Waals surface area contributed by atoms with Crippen LogP contribution in [0, 0.1) is 6.92 Å². The minimum absolute atomic E-state index is 0.101. The van der Waals surface area contributed by atoms with Crippen molar-refractivity contribution in [3.05, 3.63) is 23.8 Å². The van der Waals surface area contributed by atoms with Crippen molar-refractivity contribution >= 4 is 29.2 Å². The highest BCUT2D eigenvalue weighted by atomic mass is 16.2. The Morgan fingerprint density at radius 2 is 2.04 bits per heavy atom. The molecular weight excluding hydrogens is 308 g/mol. The fourth-order valence-corrected chi connectivity index (χ4v) is 3.33. The van der Waals surface area contributed by atoms with Gasteiger partial charge in [0.05, 0.1) is 0 Å². The molecule has 3 N–H and O–H groups in total. The van der Waals surface area contributed by atoms with Crippen molar-refractivity contribution in [3.63, 3.8) is 0 Å². The minimum atomic E-state index is -0.548. The van der Waals surface area contributed by atoms with Crippen molar-refractivity contribution in [1.29, 1.82) is 0 Å². The number of hydrogen-bond acceptors (Lipinski definition) is 3. The van der Waals surface area contributed by atoms with Crippen LogP contribution in [0.25, 0.3) is 0 Å². The monoisotopic (exact) mass is 330 g/mol. The maximum absolute atomic E-state index is 12.5. The zero-order chi connectivity index (χ0) is 17.3. The van der Waals surface area contributed by atoms with Gasteiger partial charge in [-0.15, -0.1) is 0 Å². The first kappa shape index (κ1) is 16.3. The van der Waals surface area contributed by atoms with Crippen LogP contribution in [-0.2, 0) is 9.59 Å².